The van der Waals surface area contributed by atoms with E-state index in [1.165, 1.54) is 7.11 Å². The van der Waals surface area contributed by atoms with E-state index in [-0.39, 0.29) is 24.5 Å². The molecule has 6 nitrogen and oxygen atoms in total. The average Bonchev–Trinajstić information content (AvgIpc) is 3.14. The third-order valence-corrected chi connectivity index (χ3v) is 5.39. The van der Waals surface area contributed by atoms with Crippen molar-refractivity contribution in [3.8, 4) is 11.5 Å². The number of thiophene rings is 1. The van der Waals surface area contributed by atoms with E-state index in [0.717, 1.165) is 15.8 Å². The molecule has 0 aliphatic heterocycles. The number of fused-ring (bicyclic) bond motifs is 1. The molecule has 1 N–H and O–H groups in total. The quantitative estimate of drug-likeness (QED) is 0.557. The number of nitrogens with zero attached hydrogens (tertiary/aromatic N) is 1. The van der Waals surface area contributed by atoms with Gasteiger partial charge in [0, 0.05) is 31.1 Å². The summed E-state index contributed by atoms with van der Waals surface area (Å²) in [6.07, 6.45) is 2.78. The van der Waals surface area contributed by atoms with E-state index in [0.29, 0.717) is 30.0 Å². The Morgan fingerprint density at radius 1 is 1.11 bits per heavy atom. The van der Waals surface area contributed by atoms with Crippen LogP contribution in [0.3, 0.4) is 0 Å². The fraction of sp³-hybridized carbons (Fsp3) is 0.286. The summed E-state index contributed by atoms with van der Waals surface area (Å²) in [4.78, 5) is 28.8. The highest BCUT2D eigenvalue weighted by Gasteiger charge is 2.13. The number of pyridine rings is 1. The number of carbonyl (C=O) groups is 2. The van der Waals surface area contributed by atoms with Crippen molar-refractivity contribution in [2.24, 2.45) is 0 Å². The highest BCUT2D eigenvalue weighted by atomic mass is 32.1. The van der Waals surface area contributed by atoms with Gasteiger partial charge in [-0.1, -0.05) is 0 Å². The van der Waals surface area contributed by atoms with Crippen LogP contribution in [0.15, 0.2) is 41.9 Å². The summed E-state index contributed by atoms with van der Waals surface area (Å²) in [5.74, 6) is 0.812. The van der Waals surface area contributed by atoms with Crippen molar-refractivity contribution in [2.45, 2.75) is 19.3 Å². The smallest absolute Gasteiger partial charge is 0.220 e. The average molecular weight is 398 g/mol. The summed E-state index contributed by atoms with van der Waals surface area (Å²) in [7, 11) is 3.06. The summed E-state index contributed by atoms with van der Waals surface area (Å²) in [5, 5.41) is 4.95. The minimum absolute atomic E-state index is 0.107. The maximum atomic E-state index is 12.3. The molecule has 2 aromatic heterocycles. The second kappa shape index (κ2) is 9.32. The number of hydrogen-bond acceptors (Lipinski definition) is 6. The molecule has 28 heavy (non-hydrogen) atoms. The molecular weight excluding hydrogens is 376 g/mol. The van der Waals surface area contributed by atoms with Crippen LogP contribution in [0.2, 0.25) is 0 Å². The van der Waals surface area contributed by atoms with E-state index in [1.807, 2.05) is 12.1 Å². The second-order valence-electron chi connectivity index (χ2n) is 6.20. The number of amides is 1. The molecule has 1 amide bonds. The molecule has 0 aliphatic rings. The Hall–Kier alpha value is -2.93. The number of carbonyl (C=O) groups excluding carboxylic acids is 2. The van der Waals surface area contributed by atoms with Gasteiger partial charge in [0.05, 0.1) is 24.4 Å². The molecule has 0 spiro atoms. The highest BCUT2D eigenvalue weighted by Crippen LogP contribution is 2.28. The van der Waals surface area contributed by atoms with Crippen LogP contribution in [0.1, 0.15) is 28.8 Å². The number of ether oxygens (including phenoxy) is 2. The van der Waals surface area contributed by atoms with Crippen molar-refractivity contribution in [1.29, 1.82) is 0 Å². The Morgan fingerprint density at radius 3 is 2.71 bits per heavy atom. The molecule has 146 valence electrons. The van der Waals surface area contributed by atoms with Crippen molar-refractivity contribution >= 4 is 33.2 Å². The van der Waals surface area contributed by atoms with Crippen LogP contribution in [-0.2, 0) is 11.2 Å². The first-order chi connectivity index (χ1) is 13.6. The minimum Gasteiger partial charge on any atom is -0.493 e. The van der Waals surface area contributed by atoms with Crippen LogP contribution in [0.25, 0.3) is 10.2 Å². The van der Waals surface area contributed by atoms with Gasteiger partial charge in [0.15, 0.2) is 17.3 Å². The zero-order valence-electron chi connectivity index (χ0n) is 15.9. The van der Waals surface area contributed by atoms with E-state index >= 15 is 0 Å². The largest absolute Gasteiger partial charge is 0.493 e. The van der Waals surface area contributed by atoms with Gasteiger partial charge in [-0.2, -0.15) is 0 Å². The molecule has 0 aliphatic carbocycles. The number of nitrogens with one attached hydrogen (secondary N) is 1. The van der Waals surface area contributed by atoms with E-state index in [9.17, 15) is 9.59 Å². The lowest BCUT2D eigenvalue weighted by Crippen LogP contribution is -2.26. The maximum absolute atomic E-state index is 12.3. The van der Waals surface area contributed by atoms with Gasteiger partial charge in [0.1, 0.15) is 0 Å². The van der Waals surface area contributed by atoms with Gasteiger partial charge in [-0.25, -0.2) is 0 Å². The van der Waals surface area contributed by atoms with Crippen molar-refractivity contribution in [3.05, 3.63) is 53.0 Å². The third kappa shape index (κ3) is 4.67. The molecule has 0 saturated carbocycles. The number of benzene rings is 1. The Balaban J connectivity index is 1.47. The third-order valence-electron chi connectivity index (χ3n) is 4.40. The van der Waals surface area contributed by atoms with Crippen LogP contribution in [0, 0.1) is 0 Å². The molecule has 0 unspecified atom stereocenters. The number of ketones is 1. The van der Waals surface area contributed by atoms with E-state index in [1.54, 1.807) is 42.8 Å². The van der Waals surface area contributed by atoms with Crippen molar-refractivity contribution < 1.29 is 19.1 Å². The second-order valence-corrected chi connectivity index (χ2v) is 7.12. The number of Topliss-reactive ketones (excluding diaryl/α,β-unsaturated/α-hetero) is 1. The Morgan fingerprint density at radius 2 is 1.93 bits per heavy atom. The zero-order valence-corrected chi connectivity index (χ0v) is 16.7. The highest BCUT2D eigenvalue weighted by molar-refractivity contribution is 7.17. The number of rotatable bonds is 9. The number of aromatic nitrogens is 1. The zero-order chi connectivity index (χ0) is 19.9. The molecule has 2 heterocycles. The van der Waals surface area contributed by atoms with E-state index < -0.39 is 0 Å². The first-order valence-electron chi connectivity index (χ1n) is 8.95. The Kier molecular flexibility index (Phi) is 6.60. The molecule has 1 aromatic carbocycles. The van der Waals surface area contributed by atoms with Crippen LogP contribution in [0.4, 0.5) is 0 Å². The summed E-state index contributed by atoms with van der Waals surface area (Å²) >= 11 is 1.65. The monoisotopic (exact) mass is 398 g/mol. The lowest BCUT2D eigenvalue weighted by molar-refractivity contribution is -0.121. The first-order valence-corrected chi connectivity index (χ1v) is 9.83. The van der Waals surface area contributed by atoms with E-state index in [2.05, 4.69) is 15.7 Å². The lowest BCUT2D eigenvalue weighted by atomic mass is 10.1. The van der Waals surface area contributed by atoms with Gasteiger partial charge in [-0.15, -0.1) is 11.3 Å². The fourth-order valence-corrected chi connectivity index (χ4v) is 3.85. The normalized spacial score (nSPS) is 10.6. The number of hydrogen-bond donors (Lipinski definition) is 1. The van der Waals surface area contributed by atoms with Gasteiger partial charge in [0.2, 0.25) is 5.91 Å². The topological polar surface area (TPSA) is 77.5 Å². The van der Waals surface area contributed by atoms with Crippen molar-refractivity contribution in [2.75, 3.05) is 20.8 Å². The molecule has 0 saturated heterocycles. The van der Waals surface area contributed by atoms with Gasteiger partial charge in [0.25, 0.3) is 0 Å². The fourth-order valence-electron chi connectivity index (χ4n) is 2.90. The molecule has 0 radical (unpaired) electrons. The van der Waals surface area contributed by atoms with Gasteiger partial charge >= 0.3 is 0 Å². The van der Waals surface area contributed by atoms with Crippen LogP contribution >= 0.6 is 11.3 Å². The predicted octanol–water partition coefficient (Wildman–Crippen LogP) is 3.64. The van der Waals surface area contributed by atoms with Crippen LogP contribution in [0.5, 0.6) is 11.5 Å². The van der Waals surface area contributed by atoms with Gasteiger partial charge in [-0.3, -0.25) is 14.6 Å². The standard InChI is InChI=1S/C21H22N2O4S/c1-26-17-7-5-14(12-18(17)27-2)16(24)6-8-20(25)22-11-9-15-13-28-19-4-3-10-23-21(15)19/h3-5,7,10,12-13H,6,8-9,11H2,1-2H3,(H,22,25). The predicted molar refractivity (Wildman–Crippen MR) is 109 cm³/mol. The molecule has 0 atom stereocenters. The van der Waals surface area contributed by atoms with E-state index in [4.69, 9.17) is 9.47 Å². The SMILES string of the molecule is COc1ccc(C(=O)CCC(=O)NCCc2csc3cccnc23)cc1OC. The van der Waals surface area contributed by atoms with Crippen molar-refractivity contribution in [1.82, 2.24) is 10.3 Å². The maximum Gasteiger partial charge on any atom is 0.220 e. The first kappa shape index (κ1) is 19.8. The van der Waals surface area contributed by atoms with Crippen molar-refractivity contribution in [3.63, 3.8) is 0 Å². The Bertz CT molecular complexity index is 983. The van der Waals surface area contributed by atoms with Gasteiger partial charge in [-0.05, 0) is 47.7 Å². The summed E-state index contributed by atoms with van der Waals surface area (Å²) < 4.78 is 11.5. The van der Waals surface area contributed by atoms with Crippen LogP contribution < -0.4 is 14.8 Å². The summed E-state index contributed by atoms with van der Waals surface area (Å²) in [6, 6.07) is 8.95. The molecule has 0 bridgehead atoms. The molecule has 3 aromatic rings. The van der Waals surface area contributed by atoms with Crippen LogP contribution in [-0.4, -0.2) is 37.4 Å². The molecule has 3 rings (SSSR count). The molecule has 0 fully saturated rings. The summed E-state index contributed by atoms with van der Waals surface area (Å²) in [6.45, 7) is 0.520. The molecular formula is C21H22N2O4S. The lowest BCUT2D eigenvalue weighted by Gasteiger charge is -2.09. The van der Waals surface area contributed by atoms with Gasteiger partial charge < -0.3 is 14.8 Å². The minimum atomic E-state index is -0.138. The molecule has 7 heteroatoms. The Labute approximate surface area is 167 Å². The number of methoxy groups -OCH3 is 2. The summed E-state index contributed by atoms with van der Waals surface area (Å²) in [5.41, 5.74) is 2.62.